The summed E-state index contributed by atoms with van der Waals surface area (Å²) < 4.78 is 0. The van der Waals surface area contributed by atoms with E-state index >= 15 is 0 Å². The first kappa shape index (κ1) is 13.5. The molecule has 5 heteroatoms. The molecule has 0 aliphatic rings. The third-order valence-electron chi connectivity index (χ3n) is 3.44. The van der Waals surface area contributed by atoms with Crippen LogP contribution in [0.1, 0.15) is 24.9 Å². The summed E-state index contributed by atoms with van der Waals surface area (Å²) in [5.74, 6) is 0.607. The van der Waals surface area contributed by atoms with Gasteiger partial charge in [-0.15, -0.1) is 15.0 Å². The van der Waals surface area contributed by atoms with Crippen molar-refractivity contribution in [3.63, 3.8) is 0 Å². The summed E-state index contributed by atoms with van der Waals surface area (Å²) in [6, 6.07) is 17.7. The van der Waals surface area contributed by atoms with Crippen LogP contribution >= 0.6 is 0 Å². The quantitative estimate of drug-likeness (QED) is 0.797. The van der Waals surface area contributed by atoms with Gasteiger partial charge in [-0.2, -0.15) is 0 Å². The van der Waals surface area contributed by atoms with Gasteiger partial charge in [0, 0.05) is 11.6 Å². The molecule has 3 rings (SSSR count). The van der Waals surface area contributed by atoms with E-state index in [2.05, 4.69) is 22.3 Å². The molecule has 0 saturated carbocycles. The monoisotopic (exact) mass is 279 g/mol. The lowest BCUT2D eigenvalue weighted by molar-refractivity contribution is 0.660. The third kappa shape index (κ3) is 2.68. The minimum atomic E-state index is -0.0348. The minimum absolute atomic E-state index is 0.0348. The van der Waals surface area contributed by atoms with Gasteiger partial charge in [0.15, 0.2) is 0 Å². The number of tetrazole rings is 1. The number of para-hydroxylation sites is 1. The molecule has 1 heterocycles. The molecule has 21 heavy (non-hydrogen) atoms. The number of aromatic nitrogens is 4. The molecule has 1 atom stereocenters. The molecule has 0 saturated heterocycles. The largest absolute Gasteiger partial charge is 0.324 e. The molecular formula is C16H17N5. The molecule has 1 aromatic heterocycles. The smallest absolute Gasteiger partial charge is 0.205 e. The number of nitrogens with zero attached hydrogens (tertiary/aromatic N) is 4. The summed E-state index contributed by atoms with van der Waals surface area (Å²) in [4.78, 5) is 1.55. The van der Waals surface area contributed by atoms with Crippen LogP contribution in [-0.4, -0.2) is 20.2 Å². The fraction of sp³-hybridized carbons (Fsp3) is 0.188. The Morgan fingerprint density at radius 3 is 2.52 bits per heavy atom. The van der Waals surface area contributed by atoms with Gasteiger partial charge in [0.1, 0.15) is 0 Å². The highest BCUT2D eigenvalue weighted by atomic mass is 15.6. The number of nitrogens with two attached hydrogens (primary N) is 1. The van der Waals surface area contributed by atoms with Crippen molar-refractivity contribution in [3.05, 3.63) is 60.2 Å². The van der Waals surface area contributed by atoms with Gasteiger partial charge in [0.25, 0.3) is 0 Å². The fourth-order valence-electron chi connectivity index (χ4n) is 2.22. The van der Waals surface area contributed by atoms with Crippen LogP contribution in [0.25, 0.3) is 17.1 Å². The highest BCUT2D eigenvalue weighted by molar-refractivity contribution is 5.53. The Bertz CT molecular complexity index is 720. The van der Waals surface area contributed by atoms with Gasteiger partial charge in [0.2, 0.25) is 5.82 Å². The van der Waals surface area contributed by atoms with E-state index in [0.717, 1.165) is 23.2 Å². The summed E-state index contributed by atoms with van der Waals surface area (Å²) in [5, 5.41) is 12.8. The molecule has 0 spiro atoms. The standard InChI is InChI=1S/C16H17N5/c1-2-14(17)13-10-6-7-11-15(13)21-19-16(18-20-21)12-8-4-3-5-9-12/h3-11,14H,2,17H2,1H3/t14-/m1/s1. The molecule has 0 fully saturated rings. The molecule has 106 valence electrons. The zero-order valence-corrected chi connectivity index (χ0v) is 11.8. The second kappa shape index (κ2) is 5.85. The number of benzene rings is 2. The Morgan fingerprint density at radius 2 is 1.76 bits per heavy atom. The van der Waals surface area contributed by atoms with Crippen LogP contribution in [-0.2, 0) is 0 Å². The predicted molar refractivity (Wildman–Crippen MR) is 81.8 cm³/mol. The van der Waals surface area contributed by atoms with Crippen molar-refractivity contribution < 1.29 is 0 Å². The highest BCUT2D eigenvalue weighted by Crippen LogP contribution is 2.22. The van der Waals surface area contributed by atoms with Crippen molar-refractivity contribution in [2.75, 3.05) is 0 Å². The lowest BCUT2D eigenvalue weighted by atomic mass is 10.0. The maximum absolute atomic E-state index is 6.16. The predicted octanol–water partition coefficient (Wildman–Crippen LogP) is 2.74. The molecule has 3 aromatic rings. The van der Waals surface area contributed by atoms with Gasteiger partial charge in [-0.25, -0.2) is 0 Å². The van der Waals surface area contributed by atoms with Crippen LogP contribution in [0.15, 0.2) is 54.6 Å². The molecule has 0 unspecified atom stereocenters. The van der Waals surface area contributed by atoms with Crippen LogP contribution < -0.4 is 5.73 Å². The summed E-state index contributed by atoms with van der Waals surface area (Å²) in [6.45, 7) is 2.06. The van der Waals surface area contributed by atoms with Crippen molar-refractivity contribution >= 4 is 0 Å². The van der Waals surface area contributed by atoms with Crippen LogP contribution in [0, 0.1) is 0 Å². The van der Waals surface area contributed by atoms with Crippen LogP contribution in [0.3, 0.4) is 0 Å². The SMILES string of the molecule is CC[C@@H](N)c1ccccc1-n1nnc(-c2ccccc2)n1. The first-order chi connectivity index (χ1) is 10.3. The Labute approximate surface area is 123 Å². The summed E-state index contributed by atoms with van der Waals surface area (Å²) in [6.07, 6.45) is 0.858. The topological polar surface area (TPSA) is 69.6 Å². The Balaban J connectivity index is 2.01. The van der Waals surface area contributed by atoms with E-state index in [9.17, 15) is 0 Å². The van der Waals surface area contributed by atoms with E-state index in [1.54, 1.807) is 4.80 Å². The second-order valence-corrected chi connectivity index (χ2v) is 4.84. The highest BCUT2D eigenvalue weighted by Gasteiger charge is 2.13. The lowest BCUT2D eigenvalue weighted by Gasteiger charge is -2.13. The molecule has 2 aromatic carbocycles. The van der Waals surface area contributed by atoms with Crippen molar-refractivity contribution in [2.45, 2.75) is 19.4 Å². The summed E-state index contributed by atoms with van der Waals surface area (Å²) in [7, 11) is 0. The van der Waals surface area contributed by atoms with Crippen LogP contribution in [0.2, 0.25) is 0 Å². The summed E-state index contributed by atoms with van der Waals surface area (Å²) >= 11 is 0. The van der Waals surface area contributed by atoms with Crippen LogP contribution in [0.5, 0.6) is 0 Å². The van der Waals surface area contributed by atoms with Crippen molar-refractivity contribution in [3.8, 4) is 17.1 Å². The van der Waals surface area contributed by atoms with Crippen LogP contribution in [0.4, 0.5) is 0 Å². The molecule has 0 amide bonds. The van der Waals surface area contributed by atoms with Crippen molar-refractivity contribution in [1.82, 2.24) is 20.2 Å². The zero-order chi connectivity index (χ0) is 14.7. The van der Waals surface area contributed by atoms with E-state index in [4.69, 9.17) is 5.73 Å². The minimum Gasteiger partial charge on any atom is -0.324 e. The third-order valence-corrected chi connectivity index (χ3v) is 3.44. The van der Waals surface area contributed by atoms with E-state index in [1.165, 1.54) is 0 Å². The molecule has 0 aliphatic heterocycles. The van der Waals surface area contributed by atoms with Gasteiger partial charge >= 0.3 is 0 Å². The number of rotatable bonds is 4. The Morgan fingerprint density at radius 1 is 1.05 bits per heavy atom. The maximum Gasteiger partial charge on any atom is 0.205 e. The first-order valence-corrected chi connectivity index (χ1v) is 7.00. The fourth-order valence-corrected chi connectivity index (χ4v) is 2.22. The molecule has 2 N–H and O–H groups in total. The molecule has 0 aliphatic carbocycles. The van der Waals surface area contributed by atoms with Gasteiger partial charge in [-0.3, -0.25) is 0 Å². The molecule has 0 bridgehead atoms. The average Bonchev–Trinajstić information content (AvgIpc) is 3.05. The Hall–Kier alpha value is -2.53. The van der Waals surface area contributed by atoms with E-state index in [1.807, 2.05) is 54.6 Å². The first-order valence-electron chi connectivity index (χ1n) is 7.00. The number of hydrogen-bond acceptors (Lipinski definition) is 4. The zero-order valence-electron chi connectivity index (χ0n) is 11.8. The summed E-state index contributed by atoms with van der Waals surface area (Å²) in [5.41, 5.74) is 9.01. The molecule has 0 radical (unpaired) electrons. The van der Waals surface area contributed by atoms with E-state index in [-0.39, 0.29) is 6.04 Å². The maximum atomic E-state index is 6.16. The normalized spacial score (nSPS) is 12.3. The molecule has 5 nitrogen and oxygen atoms in total. The van der Waals surface area contributed by atoms with Gasteiger partial charge < -0.3 is 5.73 Å². The van der Waals surface area contributed by atoms with Gasteiger partial charge in [-0.1, -0.05) is 55.5 Å². The van der Waals surface area contributed by atoms with E-state index in [0.29, 0.717) is 5.82 Å². The second-order valence-electron chi connectivity index (χ2n) is 4.84. The van der Waals surface area contributed by atoms with Gasteiger partial charge in [0.05, 0.1) is 5.69 Å². The lowest BCUT2D eigenvalue weighted by Crippen LogP contribution is -2.13. The molecular weight excluding hydrogens is 262 g/mol. The van der Waals surface area contributed by atoms with E-state index < -0.39 is 0 Å². The van der Waals surface area contributed by atoms with Crippen molar-refractivity contribution in [1.29, 1.82) is 0 Å². The average molecular weight is 279 g/mol. The van der Waals surface area contributed by atoms with Gasteiger partial charge in [-0.05, 0) is 23.3 Å². The number of hydrogen-bond donors (Lipinski definition) is 1. The van der Waals surface area contributed by atoms with Crippen molar-refractivity contribution in [2.24, 2.45) is 5.73 Å². The Kier molecular flexibility index (Phi) is 3.75.